The predicted octanol–water partition coefficient (Wildman–Crippen LogP) is 3.61. The van der Waals surface area contributed by atoms with Crippen molar-refractivity contribution in [3.63, 3.8) is 0 Å². The molecule has 1 atom stereocenters. The highest BCUT2D eigenvalue weighted by molar-refractivity contribution is 4.93. The normalized spacial score (nSPS) is 38.4. The lowest BCUT2D eigenvalue weighted by molar-refractivity contribution is 0.126. The van der Waals surface area contributed by atoms with Crippen LogP contribution in [0.3, 0.4) is 0 Å². The van der Waals surface area contributed by atoms with Gasteiger partial charge < -0.3 is 0 Å². The van der Waals surface area contributed by atoms with Gasteiger partial charge in [0, 0.05) is 0 Å². The Hall–Kier alpha value is 0. The van der Waals surface area contributed by atoms with Crippen LogP contribution in [0.15, 0.2) is 0 Å². The van der Waals surface area contributed by atoms with Crippen LogP contribution >= 0.6 is 0 Å². The maximum atomic E-state index is 2.44. The lowest BCUT2D eigenvalue weighted by atomic mass is 9.68. The highest BCUT2D eigenvalue weighted by atomic mass is 14.5. The third-order valence-corrected chi connectivity index (χ3v) is 3.94. The van der Waals surface area contributed by atoms with Crippen LogP contribution in [0.2, 0.25) is 0 Å². The molecule has 1 fully saturated rings. The smallest absolute Gasteiger partial charge is 0.0277 e. The summed E-state index contributed by atoms with van der Waals surface area (Å²) in [6.07, 6.45) is 5.66. The standard InChI is InChI=1S/C10H20/c1-5-10(4)8-6-7-9(10,2)3/h5-8H2,1-4H3. The monoisotopic (exact) mass is 140 g/mol. The van der Waals surface area contributed by atoms with Crippen molar-refractivity contribution in [3.8, 4) is 0 Å². The zero-order valence-electron chi connectivity index (χ0n) is 7.83. The fraction of sp³-hybridized carbons (Fsp3) is 1.00. The lowest BCUT2D eigenvalue weighted by Crippen LogP contribution is -2.28. The number of rotatable bonds is 1. The predicted molar refractivity (Wildman–Crippen MR) is 46.0 cm³/mol. The molecule has 0 amide bonds. The largest absolute Gasteiger partial charge is 0.0648 e. The van der Waals surface area contributed by atoms with E-state index in [9.17, 15) is 0 Å². The van der Waals surface area contributed by atoms with Gasteiger partial charge in [0.25, 0.3) is 0 Å². The first-order valence-corrected chi connectivity index (χ1v) is 4.52. The summed E-state index contributed by atoms with van der Waals surface area (Å²) in [6, 6.07) is 0. The van der Waals surface area contributed by atoms with Gasteiger partial charge in [-0.15, -0.1) is 0 Å². The van der Waals surface area contributed by atoms with Gasteiger partial charge in [0.1, 0.15) is 0 Å². The molecule has 0 N–H and O–H groups in total. The molecule has 0 radical (unpaired) electrons. The first-order valence-electron chi connectivity index (χ1n) is 4.52. The van der Waals surface area contributed by atoms with Crippen LogP contribution in [-0.2, 0) is 0 Å². The summed E-state index contributed by atoms with van der Waals surface area (Å²) in [5.41, 5.74) is 1.23. The molecule has 0 heteroatoms. The molecule has 0 aromatic heterocycles. The quantitative estimate of drug-likeness (QED) is 0.522. The first kappa shape index (κ1) is 8.10. The van der Waals surface area contributed by atoms with Crippen LogP contribution in [0.25, 0.3) is 0 Å². The van der Waals surface area contributed by atoms with E-state index >= 15 is 0 Å². The molecular formula is C10H20. The van der Waals surface area contributed by atoms with Gasteiger partial charge in [-0.1, -0.05) is 40.5 Å². The molecule has 0 aromatic carbocycles. The summed E-state index contributed by atoms with van der Waals surface area (Å²) >= 11 is 0. The molecule has 1 aliphatic rings. The van der Waals surface area contributed by atoms with Crippen LogP contribution in [0.1, 0.15) is 53.4 Å². The average Bonchev–Trinajstić information content (AvgIpc) is 2.10. The Bertz CT molecular complexity index is 124. The second-order valence-electron chi connectivity index (χ2n) is 4.65. The van der Waals surface area contributed by atoms with Gasteiger partial charge in [0.05, 0.1) is 0 Å². The highest BCUT2D eigenvalue weighted by Gasteiger charge is 2.43. The van der Waals surface area contributed by atoms with Gasteiger partial charge in [-0.3, -0.25) is 0 Å². The molecule has 1 aliphatic carbocycles. The molecule has 0 saturated heterocycles. The topological polar surface area (TPSA) is 0 Å². The van der Waals surface area contributed by atoms with Crippen LogP contribution < -0.4 is 0 Å². The van der Waals surface area contributed by atoms with Crippen molar-refractivity contribution in [3.05, 3.63) is 0 Å². The molecule has 0 bridgehead atoms. The van der Waals surface area contributed by atoms with E-state index in [4.69, 9.17) is 0 Å². The number of hydrogen-bond acceptors (Lipinski definition) is 0. The van der Waals surface area contributed by atoms with E-state index in [1.807, 2.05) is 0 Å². The third-order valence-electron chi connectivity index (χ3n) is 3.94. The van der Waals surface area contributed by atoms with Crippen molar-refractivity contribution in [1.29, 1.82) is 0 Å². The molecule has 1 saturated carbocycles. The summed E-state index contributed by atoms with van der Waals surface area (Å²) < 4.78 is 0. The zero-order chi connectivity index (χ0) is 7.83. The van der Waals surface area contributed by atoms with Crippen molar-refractivity contribution in [1.82, 2.24) is 0 Å². The van der Waals surface area contributed by atoms with E-state index in [2.05, 4.69) is 27.7 Å². The van der Waals surface area contributed by atoms with Crippen molar-refractivity contribution >= 4 is 0 Å². The second-order valence-corrected chi connectivity index (χ2v) is 4.65. The van der Waals surface area contributed by atoms with E-state index in [1.54, 1.807) is 0 Å². The van der Waals surface area contributed by atoms with E-state index in [0.717, 1.165) is 0 Å². The Labute approximate surface area is 65.0 Å². The first-order chi connectivity index (χ1) is 4.52. The SMILES string of the molecule is CCC1(C)CCCC1(C)C. The lowest BCUT2D eigenvalue weighted by Gasteiger charge is -2.37. The van der Waals surface area contributed by atoms with E-state index in [1.165, 1.54) is 25.7 Å². The van der Waals surface area contributed by atoms with E-state index in [0.29, 0.717) is 10.8 Å². The van der Waals surface area contributed by atoms with Crippen molar-refractivity contribution in [2.45, 2.75) is 53.4 Å². The third kappa shape index (κ3) is 0.980. The molecular weight excluding hydrogens is 120 g/mol. The summed E-state index contributed by atoms with van der Waals surface area (Å²) in [5, 5.41) is 0. The van der Waals surface area contributed by atoms with Crippen LogP contribution in [-0.4, -0.2) is 0 Å². The summed E-state index contributed by atoms with van der Waals surface area (Å²) in [4.78, 5) is 0. The van der Waals surface area contributed by atoms with Crippen LogP contribution in [0.5, 0.6) is 0 Å². The molecule has 0 aromatic rings. The Morgan fingerprint density at radius 2 is 1.70 bits per heavy atom. The minimum atomic E-state index is 0.599. The summed E-state index contributed by atoms with van der Waals surface area (Å²) in [7, 11) is 0. The Balaban J connectivity index is 2.76. The Morgan fingerprint density at radius 3 is 1.90 bits per heavy atom. The molecule has 1 rings (SSSR count). The molecule has 1 unspecified atom stereocenters. The van der Waals surface area contributed by atoms with Crippen LogP contribution in [0.4, 0.5) is 0 Å². The van der Waals surface area contributed by atoms with Crippen molar-refractivity contribution in [2.75, 3.05) is 0 Å². The van der Waals surface area contributed by atoms with Gasteiger partial charge in [-0.2, -0.15) is 0 Å². The fourth-order valence-corrected chi connectivity index (χ4v) is 2.22. The molecule has 60 valence electrons. The van der Waals surface area contributed by atoms with Gasteiger partial charge in [-0.25, -0.2) is 0 Å². The molecule has 10 heavy (non-hydrogen) atoms. The number of hydrogen-bond donors (Lipinski definition) is 0. The van der Waals surface area contributed by atoms with E-state index in [-0.39, 0.29) is 0 Å². The zero-order valence-corrected chi connectivity index (χ0v) is 7.83. The molecule has 0 spiro atoms. The average molecular weight is 140 g/mol. The van der Waals surface area contributed by atoms with Crippen molar-refractivity contribution < 1.29 is 0 Å². The minimum absolute atomic E-state index is 0.599. The van der Waals surface area contributed by atoms with Crippen molar-refractivity contribution in [2.24, 2.45) is 10.8 Å². The highest BCUT2D eigenvalue weighted by Crippen LogP contribution is 2.54. The van der Waals surface area contributed by atoms with E-state index < -0.39 is 0 Å². The minimum Gasteiger partial charge on any atom is -0.0648 e. The van der Waals surface area contributed by atoms with Gasteiger partial charge in [-0.05, 0) is 23.7 Å². The summed E-state index contributed by atoms with van der Waals surface area (Å²) in [6.45, 7) is 9.61. The fourth-order valence-electron chi connectivity index (χ4n) is 2.22. The van der Waals surface area contributed by atoms with Crippen LogP contribution in [0, 0.1) is 10.8 Å². The summed E-state index contributed by atoms with van der Waals surface area (Å²) in [5.74, 6) is 0. The van der Waals surface area contributed by atoms with Gasteiger partial charge in [0.2, 0.25) is 0 Å². The van der Waals surface area contributed by atoms with Gasteiger partial charge in [0.15, 0.2) is 0 Å². The molecule has 0 nitrogen and oxygen atoms in total. The Morgan fingerprint density at radius 1 is 1.10 bits per heavy atom. The van der Waals surface area contributed by atoms with Gasteiger partial charge >= 0.3 is 0 Å². The molecule has 0 heterocycles. The molecule has 0 aliphatic heterocycles. The second kappa shape index (κ2) is 2.25. The maximum absolute atomic E-state index is 2.44. The maximum Gasteiger partial charge on any atom is -0.0277 e. The Kier molecular flexibility index (Phi) is 1.82.